The summed E-state index contributed by atoms with van der Waals surface area (Å²) in [6, 6.07) is 2.05. The molecule has 1 saturated heterocycles. The van der Waals surface area contributed by atoms with E-state index in [2.05, 4.69) is 13.0 Å². The Bertz CT molecular complexity index is 333. The lowest BCUT2D eigenvalue weighted by Gasteiger charge is -2.21. The fourth-order valence-electron chi connectivity index (χ4n) is 1.99. The fourth-order valence-corrected chi connectivity index (χ4v) is 3.24. The summed E-state index contributed by atoms with van der Waals surface area (Å²) in [6.07, 6.45) is 1.26. The van der Waals surface area contributed by atoms with E-state index in [1.165, 1.54) is 0 Å². The number of thiophene rings is 1. The third-order valence-electron chi connectivity index (χ3n) is 3.00. The number of rotatable bonds is 2. The van der Waals surface area contributed by atoms with Gasteiger partial charge in [-0.3, -0.25) is 0 Å². The van der Waals surface area contributed by atoms with Gasteiger partial charge in [0.1, 0.15) is 0 Å². The second-order valence-electron chi connectivity index (χ2n) is 4.23. The predicted octanol–water partition coefficient (Wildman–Crippen LogP) is 3.13. The second kappa shape index (κ2) is 4.42. The van der Waals surface area contributed by atoms with E-state index in [0.717, 1.165) is 27.8 Å². The largest absolute Gasteiger partial charge is 0.376 e. The van der Waals surface area contributed by atoms with Crippen molar-refractivity contribution in [3.05, 3.63) is 20.8 Å². The molecule has 0 bridgehead atoms. The van der Waals surface area contributed by atoms with Gasteiger partial charge in [-0.15, -0.1) is 11.3 Å². The Morgan fingerprint density at radius 2 is 2.40 bits per heavy atom. The first kappa shape index (κ1) is 11.4. The lowest BCUT2D eigenvalue weighted by Crippen LogP contribution is -2.29. The van der Waals surface area contributed by atoms with Crippen LogP contribution in [-0.4, -0.2) is 12.7 Å². The van der Waals surface area contributed by atoms with Crippen LogP contribution in [0.4, 0.5) is 0 Å². The minimum atomic E-state index is -0.0290. The first-order chi connectivity index (χ1) is 7.09. The van der Waals surface area contributed by atoms with Crippen LogP contribution in [0.5, 0.6) is 0 Å². The molecule has 2 rings (SSSR count). The fraction of sp³-hybridized carbons (Fsp3) is 0.636. The van der Waals surface area contributed by atoms with E-state index in [0.29, 0.717) is 5.92 Å². The van der Waals surface area contributed by atoms with Gasteiger partial charge in [0.2, 0.25) is 0 Å². The maximum atomic E-state index is 6.20. The molecule has 0 amide bonds. The van der Waals surface area contributed by atoms with E-state index in [-0.39, 0.29) is 12.1 Å². The van der Waals surface area contributed by atoms with Crippen molar-refractivity contribution in [1.82, 2.24) is 0 Å². The number of nitrogens with two attached hydrogens (primary N) is 1. The average molecular weight is 246 g/mol. The molecular weight excluding hydrogens is 230 g/mol. The zero-order chi connectivity index (χ0) is 11.0. The number of halogens is 1. The summed E-state index contributed by atoms with van der Waals surface area (Å²) in [5.74, 6) is 0.543. The van der Waals surface area contributed by atoms with Gasteiger partial charge in [0.15, 0.2) is 0 Å². The van der Waals surface area contributed by atoms with Crippen LogP contribution < -0.4 is 5.73 Å². The monoisotopic (exact) mass is 245 g/mol. The van der Waals surface area contributed by atoms with Crippen LogP contribution in [0.2, 0.25) is 4.34 Å². The van der Waals surface area contributed by atoms with Crippen molar-refractivity contribution in [2.45, 2.75) is 32.4 Å². The topological polar surface area (TPSA) is 35.2 Å². The minimum absolute atomic E-state index is 0.0290. The molecule has 0 aromatic carbocycles. The van der Waals surface area contributed by atoms with Gasteiger partial charge in [-0.25, -0.2) is 0 Å². The summed E-state index contributed by atoms with van der Waals surface area (Å²) in [5.41, 5.74) is 7.31. The van der Waals surface area contributed by atoms with Crippen LogP contribution >= 0.6 is 22.9 Å². The quantitative estimate of drug-likeness (QED) is 0.869. The summed E-state index contributed by atoms with van der Waals surface area (Å²) >= 11 is 7.61. The molecule has 3 atom stereocenters. The minimum Gasteiger partial charge on any atom is -0.376 e. The zero-order valence-electron chi connectivity index (χ0n) is 9.00. The van der Waals surface area contributed by atoms with Gasteiger partial charge in [-0.1, -0.05) is 18.5 Å². The van der Waals surface area contributed by atoms with E-state index in [1.54, 1.807) is 11.3 Å². The Balaban J connectivity index is 2.16. The zero-order valence-corrected chi connectivity index (χ0v) is 10.6. The molecule has 4 heteroatoms. The molecule has 2 N–H and O–H groups in total. The Labute approximate surface area is 99.4 Å². The average Bonchev–Trinajstić information content (AvgIpc) is 2.74. The van der Waals surface area contributed by atoms with Crippen molar-refractivity contribution < 1.29 is 4.74 Å². The molecule has 2 heterocycles. The Kier molecular flexibility index (Phi) is 3.36. The van der Waals surface area contributed by atoms with Gasteiger partial charge in [0.05, 0.1) is 16.5 Å². The standard InChI is InChI=1S/C11H16ClNOS/c1-6-3-4-14-10(6)9(13)8-5-7(2)11(12)15-8/h5-6,9-10H,3-4,13H2,1-2H3. The van der Waals surface area contributed by atoms with Gasteiger partial charge < -0.3 is 10.5 Å². The SMILES string of the molecule is Cc1cc(C(N)C2OCCC2C)sc1Cl. The van der Waals surface area contributed by atoms with Crippen LogP contribution in [-0.2, 0) is 4.74 Å². The molecule has 1 aliphatic rings. The highest BCUT2D eigenvalue weighted by Crippen LogP contribution is 2.36. The van der Waals surface area contributed by atoms with Crippen molar-refractivity contribution in [2.75, 3.05) is 6.61 Å². The lowest BCUT2D eigenvalue weighted by atomic mass is 9.97. The van der Waals surface area contributed by atoms with Gasteiger partial charge in [-0.2, -0.15) is 0 Å². The molecule has 0 saturated carbocycles. The first-order valence-corrected chi connectivity index (χ1v) is 6.42. The summed E-state index contributed by atoms with van der Waals surface area (Å²) < 4.78 is 6.51. The molecule has 0 spiro atoms. The second-order valence-corrected chi connectivity index (χ2v) is 5.92. The third kappa shape index (κ3) is 2.21. The summed E-state index contributed by atoms with van der Waals surface area (Å²) in [4.78, 5) is 1.14. The molecule has 1 fully saturated rings. The number of ether oxygens (including phenoxy) is 1. The van der Waals surface area contributed by atoms with Crippen molar-refractivity contribution in [1.29, 1.82) is 0 Å². The van der Waals surface area contributed by atoms with Gasteiger partial charge in [0.25, 0.3) is 0 Å². The lowest BCUT2D eigenvalue weighted by molar-refractivity contribution is 0.0734. The van der Waals surface area contributed by atoms with E-state index >= 15 is 0 Å². The summed E-state index contributed by atoms with van der Waals surface area (Å²) in [7, 11) is 0. The molecule has 15 heavy (non-hydrogen) atoms. The van der Waals surface area contributed by atoms with Gasteiger partial charge in [-0.05, 0) is 30.9 Å². The van der Waals surface area contributed by atoms with Crippen LogP contribution in [0.3, 0.4) is 0 Å². The molecule has 0 aliphatic carbocycles. The Morgan fingerprint density at radius 1 is 1.67 bits per heavy atom. The maximum absolute atomic E-state index is 6.20. The summed E-state index contributed by atoms with van der Waals surface area (Å²) in [6.45, 7) is 5.03. The van der Waals surface area contributed by atoms with Gasteiger partial charge >= 0.3 is 0 Å². The van der Waals surface area contributed by atoms with Crippen molar-refractivity contribution in [2.24, 2.45) is 11.7 Å². The molecular formula is C11H16ClNOS. The van der Waals surface area contributed by atoms with Crippen LogP contribution in [0, 0.1) is 12.8 Å². The predicted molar refractivity (Wildman–Crippen MR) is 64.5 cm³/mol. The highest BCUT2D eigenvalue weighted by Gasteiger charge is 2.31. The molecule has 1 aliphatic heterocycles. The molecule has 3 unspecified atom stereocenters. The molecule has 0 radical (unpaired) electrons. The van der Waals surface area contributed by atoms with E-state index in [9.17, 15) is 0 Å². The van der Waals surface area contributed by atoms with Gasteiger partial charge in [0, 0.05) is 11.5 Å². The van der Waals surface area contributed by atoms with Crippen LogP contribution in [0.1, 0.15) is 29.8 Å². The Morgan fingerprint density at radius 3 is 2.87 bits per heavy atom. The van der Waals surface area contributed by atoms with Crippen molar-refractivity contribution in [3.63, 3.8) is 0 Å². The van der Waals surface area contributed by atoms with Crippen LogP contribution in [0.25, 0.3) is 0 Å². The van der Waals surface area contributed by atoms with E-state index in [4.69, 9.17) is 22.1 Å². The molecule has 2 nitrogen and oxygen atoms in total. The highest BCUT2D eigenvalue weighted by molar-refractivity contribution is 7.16. The normalized spacial score (nSPS) is 28.3. The number of hydrogen-bond acceptors (Lipinski definition) is 3. The third-order valence-corrected chi connectivity index (χ3v) is 4.66. The summed E-state index contributed by atoms with van der Waals surface area (Å²) in [5, 5.41) is 0. The smallest absolute Gasteiger partial charge is 0.0960 e. The van der Waals surface area contributed by atoms with E-state index in [1.807, 2.05) is 6.92 Å². The number of hydrogen-bond donors (Lipinski definition) is 1. The molecule has 84 valence electrons. The first-order valence-electron chi connectivity index (χ1n) is 5.22. The molecule has 1 aromatic rings. The Hall–Kier alpha value is -0.0900. The maximum Gasteiger partial charge on any atom is 0.0960 e. The van der Waals surface area contributed by atoms with Crippen LogP contribution in [0.15, 0.2) is 6.07 Å². The number of aryl methyl sites for hydroxylation is 1. The van der Waals surface area contributed by atoms with E-state index < -0.39 is 0 Å². The van der Waals surface area contributed by atoms with Crippen molar-refractivity contribution >= 4 is 22.9 Å². The van der Waals surface area contributed by atoms with Crippen molar-refractivity contribution in [3.8, 4) is 0 Å². The highest BCUT2D eigenvalue weighted by atomic mass is 35.5. The molecule has 1 aromatic heterocycles.